The smallest absolute Gasteiger partial charge is 0.257 e. The number of anilines is 2. The van der Waals surface area contributed by atoms with E-state index in [0.29, 0.717) is 11.5 Å². The molecule has 140 valence electrons. The molecule has 1 aliphatic heterocycles. The summed E-state index contributed by atoms with van der Waals surface area (Å²) in [5.74, 6) is 1.39. The molecule has 5 nitrogen and oxygen atoms in total. The Kier molecular flexibility index (Phi) is 5.14. The average molecular weight is 445 g/mol. The van der Waals surface area contributed by atoms with Gasteiger partial charge in [-0.25, -0.2) is 9.97 Å². The van der Waals surface area contributed by atoms with E-state index in [9.17, 15) is 4.79 Å². The Morgan fingerprint density at radius 2 is 2.15 bits per heavy atom. The van der Waals surface area contributed by atoms with Crippen LogP contribution in [0, 0.1) is 12.8 Å². The van der Waals surface area contributed by atoms with E-state index in [1.165, 1.54) is 6.42 Å². The zero-order valence-corrected chi connectivity index (χ0v) is 17.7. The molecule has 1 aliphatic rings. The highest BCUT2D eigenvalue weighted by atomic mass is 79.9. The van der Waals surface area contributed by atoms with Gasteiger partial charge in [0.1, 0.15) is 17.0 Å². The predicted molar refractivity (Wildman–Crippen MR) is 115 cm³/mol. The first-order chi connectivity index (χ1) is 13.0. The lowest BCUT2D eigenvalue weighted by Gasteiger charge is -2.32. The largest absolute Gasteiger partial charge is 0.356 e. The van der Waals surface area contributed by atoms with E-state index in [1.54, 1.807) is 17.7 Å². The summed E-state index contributed by atoms with van der Waals surface area (Å²) in [6, 6.07) is 7.63. The molecule has 0 spiro atoms. The summed E-state index contributed by atoms with van der Waals surface area (Å²) >= 11 is 5.05. The Hall–Kier alpha value is -1.99. The minimum atomic E-state index is -0.119. The number of hydrogen-bond acceptors (Lipinski definition) is 5. The van der Waals surface area contributed by atoms with Gasteiger partial charge in [0, 0.05) is 22.4 Å². The molecule has 0 aliphatic carbocycles. The highest BCUT2D eigenvalue weighted by Crippen LogP contribution is 2.37. The zero-order chi connectivity index (χ0) is 19.0. The number of carbonyl (C=O) groups is 1. The standard InChI is InChI=1S/C20H21BrN4OS/c1-12-6-5-9-25(10-12)18-17-16(13(2)27-20(17)23-11-22-18)19(26)24-15-8-4-3-7-14(15)21/h3-4,7-8,11-12H,5-6,9-10H2,1-2H3,(H,24,26)/t12-/m0/s1. The van der Waals surface area contributed by atoms with Crippen LogP contribution in [-0.2, 0) is 0 Å². The van der Waals surface area contributed by atoms with Crippen molar-refractivity contribution in [1.82, 2.24) is 9.97 Å². The maximum Gasteiger partial charge on any atom is 0.257 e. The Morgan fingerprint density at radius 1 is 1.33 bits per heavy atom. The van der Waals surface area contributed by atoms with Crippen molar-refractivity contribution < 1.29 is 4.79 Å². The van der Waals surface area contributed by atoms with Gasteiger partial charge in [-0.3, -0.25) is 4.79 Å². The number of benzene rings is 1. The normalized spacial score (nSPS) is 17.3. The molecule has 1 saturated heterocycles. The van der Waals surface area contributed by atoms with Crippen molar-refractivity contribution in [3.05, 3.63) is 45.5 Å². The summed E-state index contributed by atoms with van der Waals surface area (Å²) in [4.78, 5) is 26.3. The highest BCUT2D eigenvalue weighted by Gasteiger charge is 2.26. The number of nitrogens with zero attached hydrogens (tertiary/aromatic N) is 3. The fourth-order valence-corrected chi connectivity index (χ4v) is 5.04. The van der Waals surface area contributed by atoms with Crippen molar-refractivity contribution in [1.29, 1.82) is 0 Å². The van der Waals surface area contributed by atoms with Crippen LogP contribution >= 0.6 is 27.3 Å². The maximum atomic E-state index is 13.2. The van der Waals surface area contributed by atoms with E-state index >= 15 is 0 Å². The van der Waals surface area contributed by atoms with Crippen LogP contribution in [0.15, 0.2) is 35.1 Å². The second-order valence-corrected chi connectivity index (χ2v) is 9.10. The highest BCUT2D eigenvalue weighted by molar-refractivity contribution is 9.10. The molecular formula is C20H21BrN4OS. The Morgan fingerprint density at radius 3 is 2.93 bits per heavy atom. The number of aromatic nitrogens is 2. The summed E-state index contributed by atoms with van der Waals surface area (Å²) in [7, 11) is 0. The van der Waals surface area contributed by atoms with E-state index < -0.39 is 0 Å². The fourth-order valence-electron chi connectivity index (χ4n) is 3.67. The lowest BCUT2D eigenvalue weighted by atomic mass is 10.00. The van der Waals surface area contributed by atoms with Crippen molar-refractivity contribution in [3.8, 4) is 0 Å². The van der Waals surface area contributed by atoms with Gasteiger partial charge >= 0.3 is 0 Å². The molecule has 0 radical (unpaired) electrons. The topological polar surface area (TPSA) is 58.1 Å². The molecule has 1 aromatic carbocycles. The van der Waals surface area contributed by atoms with Gasteiger partial charge in [0.15, 0.2) is 0 Å². The molecular weight excluding hydrogens is 424 g/mol. The summed E-state index contributed by atoms with van der Waals surface area (Å²) in [6.07, 6.45) is 4.00. The Balaban J connectivity index is 1.77. The second-order valence-electron chi connectivity index (χ2n) is 7.04. The minimum absolute atomic E-state index is 0.119. The molecule has 1 amide bonds. The van der Waals surface area contributed by atoms with E-state index in [1.807, 2.05) is 31.2 Å². The molecule has 7 heteroatoms. The number of hydrogen-bond donors (Lipinski definition) is 1. The number of piperidine rings is 1. The molecule has 3 aromatic rings. The molecule has 27 heavy (non-hydrogen) atoms. The van der Waals surface area contributed by atoms with Crippen molar-refractivity contribution in [2.45, 2.75) is 26.7 Å². The van der Waals surface area contributed by atoms with E-state index in [4.69, 9.17) is 0 Å². The van der Waals surface area contributed by atoms with Crippen molar-refractivity contribution in [2.24, 2.45) is 5.92 Å². The summed E-state index contributed by atoms with van der Waals surface area (Å²) in [5.41, 5.74) is 1.44. The number of nitrogens with one attached hydrogen (secondary N) is 1. The lowest BCUT2D eigenvalue weighted by Crippen LogP contribution is -2.35. The first-order valence-corrected chi connectivity index (χ1v) is 10.7. The molecule has 1 atom stereocenters. The molecule has 0 unspecified atom stereocenters. The van der Waals surface area contributed by atoms with Gasteiger partial charge in [0.05, 0.1) is 16.6 Å². The van der Waals surface area contributed by atoms with Crippen molar-refractivity contribution in [2.75, 3.05) is 23.3 Å². The molecule has 1 fully saturated rings. The van der Waals surface area contributed by atoms with Gasteiger partial charge in [0.25, 0.3) is 5.91 Å². The third kappa shape index (κ3) is 3.58. The Labute approximate surface area is 171 Å². The molecule has 3 heterocycles. The summed E-state index contributed by atoms with van der Waals surface area (Å²) in [6.45, 7) is 6.18. The van der Waals surface area contributed by atoms with Crippen LogP contribution in [0.3, 0.4) is 0 Å². The molecule has 2 aromatic heterocycles. The van der Waals surface area contributed by atoms with Gasteiger partial charge in [-0.2, -0.15) is 0 Å². The van der Waals surface area contributed by atoms with Crippen LogP contribution in [-0.4, -0.2) is 29.0 Å². The molecule has 0 bridgehead atoms. The Bertz CT molecular complexity index is 1000. The zero-order valence-electron chi connectivity index (χ0n) is 15.3. The van der Waals surface area contributed by atoms with E-state index in [0.717, 1.165) is 50.6 Å². The third-order valence-corrected chi connectivity index (χ3v) is 6.65. The van der Waals surface area contributed by atoms with Crippen LogP contribution in [0.5, 0.6) is 0 Å². The van der Waals surface area contributed by atoms with Gasteiger partial charge in [-0.15, -0.1) is 11.3 Å². The van der Waals surface area contributed by atoms with Crippen LogP contribution in [0.4, 0.5) is 11.5 Å². The van der Waals surface area contributed by atoms with Crippen LogP contribution in [0.25, 0.3) is 10.2 Å². The molecule has 0 saturated carbocycles. The number of amides is 1. The third-order valence-electron chi connectivity index (χ3n) is 4.95. The van der Waals surface area contributed by atoms with Gasteiger partial charge < -0.3 is 10.2 Å². The second kappa shape index (κ2) is 7.56. The minimum Gasteiger partial charge on any atom is -0.356 e. The van der Waals surface area contributed by atoms with Crippen molar-refractivity contribution in [3.63, 3.8) is 0 Å². The quantitative estimate of drug-likeness (QED) is 0.598. The van der Waals surface area contributed by atoms with Gasteiger partial charge in [-0.1, -0.05) is 19.1 Å². The SMILES string of the molecule is Cc1sc2ncnc(N3CCC[C@H](C)C3)c2c1C(=O)Nc1ccccc1Br. The van der Waals surface area contributed by atoms with Gasteiger partial charge in [0.2, 0.25) is 0 Å². The number of aryl methyl sites for hydroxylation is 1. The molecule has 1 N–H and O–H groups in total. The van der Waals surface area contributed by atoms with E-state index in [2.05, 4.69) is 43.0 Å². The average Bonchev–Trinajstić information content (AvgIpc) is 2.99. The molecule has 4 rings (SSSR count). The van der Waals surface area contributed by atoms with E-state index in [-0.39, 0.29) is 5.91 Å². The number of thiophene rings is 1. The first-order valence-electron chi connectivity index (χ1n) is 9.09. The number of fused-ring (bicyclic) bond motifs is 1. The number of carbonyl (C=O) groups excluding carboxylic acids is 1. The maximum absolute atomic E-state index is 13.2. The fraction of sp³-hybridized carbons (Fsp3) is 0.350. The van der Waals surface area contributed by atoms with Crippen LogP contribution < -0.4 is 10.2 Å². The first kappa shape index (κ1) is 18.4. The number of halogens is 1. The predicted octanol–water partition coefficient (Wildman–Crippen LogP) is 5.25. The lowest BCUT2D eigenvalue weighted by molar-refractivity contribution is 0.102. The van der Waals surface area contributed by atoms with Gasteiger partial charge in [-0.05, 0) is 53.7 Å². The number of rotatable bonds is 3. The monoisotopic (exact) mass is 444 g/mol. The van der Waals surface area contributed by atoms with Crippen molar-refractivity contribution >= 4 is 54.9 Å². The van der Waals surface area contributed by atoms with Crippen LogP contribution in [0.1, 0.15) is 35.0 Å². The summed E-state index contributed by atoms with van der Waals surface area (Å²) < 4.78 is 0.858. The summed E-state index contributed by atoms with van der Waals surface area (Å²) in [5, 5.41) is 3.91. The van der Waals surface area contributed by atoms with Crippen LogP contribution in [0.2, 0.25) is 0 Å². The number of para-hydroxylation sites is 1.